The van der Waals surface area contributed by atoms with E-state index < -0.39 is 0 Å². The first kappa shape index (κ1) is 20.6. The predicted molar refractivity (Wildman–Crippen MR) is 114 cm³/mol. The van der Waals surface area contributed by atoms with E-state index in [9.17, 15) is 0 Å². The second-order valence-electron chi connectivity index (χ2n) is 5.71. The van der Waals surface area contributed by atoms with Crippen molar-refractivity contribution in [2.45, 2.75) is 62.3 Å². The van der Waals surface area contributed by atoms with Crippen LogP contribution in [0.4, 0.5) is 0 Å². The molecule has 0 bridgehead atoms. The lowest BCUT2D eigenvalue weighted by Crippen LogP contribution is -2.03. The summed E-state index contributed by atoms with van der Waals surface area (Å²) in [5.74, 6) is 0. The fourth-order valence-corrected chi connectivity index (χ4v) is 4.40. The van der Waals surface area contributed by atoms with Crippen molar-refractivity contribution in [1.82, 2.24) is 14.6 Å². The smallest absolute Gasteiger partial charge is 0.170 e. The Kier molecular flexibility index (Phi) is 7.79. The molecule has 0 spiro atoms. The molecule has 3 rings (SSSR count). The Hall–Kier alpha value is -1.72. The standard InChI is InChI=1S/C19H21N3S2.C2H6/c1-5-8-16-14(4)12-20-18-17(19(23-6-2)21-22(16)18)24-15-10-7-9-13(3)11-15;1-2/h6-7,9-12H,2,5,8H2,1,3-4H3;1-2H3. The lowest BCUT2D eigenvalue weighted by atomic mass is 10.2. The largest absolute Gasteiger partial charge is 0.236 e. The number of nitrogens with zero attached hydrogens (tertiary/aromatic N) is 3. The molecule has 0 saturated carbocycles. The third kappa shape index (κ3) is 4.51. The summed E-state index contributed by atoms with van der Waals surface area (Å²) in [5.41, 5.74) is 4.61. The molecular formula is C21H27N3S2. The van der Waals surface area contributed by atoms with Gasteiger partial charge in [0.2, 0.25) is 0 Å². The Labute approximate surface area is 165 Å². The third-order valence-electron chi connectivity index (χ3n) is 3.77. The van der Waals surface area contributed by atoms with Crippen molar-refractivity contribution in [3.63, 3.8) is 0 Å². The molecule has 0 saturated heterocycles. The number of benzene rings is 1. The monoisotopic (exact) mass is 385 g/mol. The quantitative estimate of drug-likeness (QED) is 0.441. The number of aryl methyl sites for hydroxylation is 3. The van der Waals surface area contributed by atoms with E-state index in [0.717, 1.165) is 28.4 Å². The number of fused-ring (bicyclic) bond motifs is 1. The summed E-state index contributed by atoms with van der Waals surface area (Å²) in [4.78, 5) is 6.98. The zero-order valence-electron chi connectivity index (χ0n) is 16.2. The number of hydrogen-bond donors (Lipinski definition) is 0. The van der Waals surface area contributed by atoms with Crippen LogP contribution in [0, 0.1) is 13.8 Å². The van der Waals surface area contributed by atoms with E-state index in [1.165, 1.54) is 21.7 Å². The molecule has 0 N–H and O–H groups in total. The second kappa shape index (κ2) is 9.83. The molecule has 3 aromatic rings. The predicted octanol–water partition coefficient (Wildman–Crippen LogP) is 6.71. The van der Waals surface area contributed by atoms with Crippen LogP contribution in [0.1, 0.15) is 44.0 Å². The molecule has 138 valence electrons. The zero-order chi connectivity index (χ0) is 19.1. The van der Waals surface area contributed by atoms with Crippen LogP contribution < -0.4 is 0 Å². The van der Waals surface area contributed by atoms with Crippen molar-refractivity contribution in [3.05, 3.63) is 59.3 Å². The van der Waals surface area contributed by atoms with Gasteiger partial charge in [-0.15, -0.1) is 0 Å². The van der Waals surface area contributed by atoms with E-state index in [2.05, 4.69) is 56.6 Å². The molecule has 0 radical (unpaired) electrons. The maximum absolute atomic E-state index is 4.83. The van der Waals surface area contributed by atoms with Crippen LogP contribution >= 0.6 is 23.5 Å². The minimum atomic E-state index is 0.930. The molecule has 1 aromatic carbocycles. The maximum Gasteiger partial charge on any atom is 0.170 e. The summed E-state index contributed by atoms with van der Waals surface area (Å²) in [6.07, 6.45) is 4.05. The maximum atomic E-state index is 4.83. The minimum absolute atomic E-state index is 0.930. The second-order valence-corrected chi connectivity index (χ2v) is 7.75. The van der Waals surface area contributed by atoms with E-state index in [4.69, 9.17) is 5.10 Å². The van der Waals surface area contributed by atoms with Crippen LogP contribution in [0.5, 0.6) is 0 Å². The molecule has 0 atom stereocenters. The summed E-state index contributed by atoms with van der Waals surface area (Å²) in [6, 6.07) is 8.52. The minimum Gasteiger partial charge on any atom is -0.236 e. The average Bonchev–Trinajstić information content (AvgIpc) is 2.97. The van der Waals surface area contributed by atoms with Crippen LogP contribution in [0.25, 0.3) is 5.65 Å². The highest BCUT2D eigenvalue weighted by molar-refractivity contribution is 8.04. The first-order chi connectivity index (χ1) is 12.6. The van der Waals surface area contributed by atoms with Gasteiger partial charge >= 0.3 is 0 Å². The van der Waals surface area contributed by atoms with Crippen molar-refractivity contribution >= 4 is 29.2 Å². The van der Waals surface area contributed by atoms with Crippen LogP contribution in [0.2, 0.25) is 0 Å². The van der Waals surface area contributed by atoms with E-state index in [-0.39, 0.29) is 0 Å². The van der Waals surface area contributed by atoms with Gasteiger partial charge in [-0.05, 0) is 43.4 Å². The van der Waals surface area contributed by atoms with Gasteiger partial charge in [-0.2, -0.15) is 5.10 Å². The van der Waals surface area contributed by atoms with Crippen molar-refractivity contribution in [1.29, 1.82) is 0 Å². The Balaban J connectivity index is 0.00000117. The fraction of sp³-hybridized carbons (Fsp3) is 0.333. The Morgan fingerprint density at radius 3 is 2.65 bits per heavy atom. The summed E-state index contributed by atoms with van der Waals surface area (Å²) >= 11 is 3.28. The van der Waals surface area contributed by atoms with Gasteiger partial charge in [-0.1, -0.05) is 75.0 Å². The van der Waals surface area contributed by atoms with Gasteiger partial charge in [0, 0.05) is 16.8 Å². The highest BCUT2D eigenvalue weighted by atomic mass is 32.2. The molecule has 3 nitrogen and oxygen atoms in total. The lowest BCUT2D eigenvalue weighted by molar-refractivity contribution is 0.767. The van der Waals surface area contributed by atoms with Crippen molar-refractivity contribution in [3.8, 4) is 0 Å². The van der Waals surface area contributed by atoms with E-state index in [1.54, 1.807) is 23.5 Å². The fourth-order valence-electron chi connectivity index (χ4n) is 2.66. The highest BCUT2D eigenvalue weighted by Crippen LogP contribution is 2.38. The Bertz CT molecular complexity index is 884. The molecule has 2 aromatic heterocycles. The number of thioether (sulfide) groups is 1. The van der Waals surface area contributed by atoms with Gasteiger partial charge in [0.15, 0.2) is 5.65 Å². The summed E-state index contributed by atoms with van der Waals surface area (Å²) < 4.78 is 2.02. The molecule has 0 fully saturated rings. The SMILES string of the molecule is C=CSc1nn2c(CCC)c(C)cnc2c1Sc1cccc(C)c1.CC. The van der Waals surface area contributed by atoms with E-state index in [1.807, 2.05) is 30.0 Å². The lowest BCUT2D eigenvalue weighted by Gasteiger charge is -2.07. The Morgan fingerprint density at radius 1 is 1.23 bits per heavy atom. The number of hydrogen-bond acceptors (Lipinski definition) is 4. The molecule has 26 heavy (non-hydrogen) atoms. The summed E-state index contributed by atoms with van der Waals surface area (Å²) in [6.45, 7) is 14.3. The first-order valence-corrected chi connectivity index (χ1v) is 10.7. The van der Waals surface area contributed by atoms with Crippen molar-refractivity contribution in [2.75, 3.05) is 0 Å². The topological polar surface area (TPSA) is 30.2 Å². The molecule has 5 heteroatoms. The van der Waals surface area contributed by atoms with Gasteiger partial charge in [-0.25, -0.2) is 9.50 Å². The third-order valence-corrected chi connectivity index (χ3v) is 5.65. The molecule has 0 amide bonds. The summed E-state index contributed by atoms with van der Waals surface area (Å²) in [5, 5.41) is 7.62. The Morgan fingerprint density at radius 2 is 2.00 bits per heavy atom. The molecule has 2 heterocycles. The van der Waals surface area contributed by atoms with Crippen molar-refractivity contribution in [2.24, 2.45) is 0 Å². The average molecular weight is 386 g/mol. The van der Waals surface area contributed by atoms with Gasteiger partial charge in [0.1, 0.15) is 5.03 Å². The molecular weight excluding hydrogens is 358 g/mol. The van der Waals surface area contributed by atoms with Crippen LogP contribution in [-0.4, -0.2) is 14.6 Å². The molecule has 0 unspecified atom stereocenters. The molecule has 0 aliphatic carbocycles. The van der Waals surface area contributed by atoms with E-state index in [0.29, 0.717) is 0 Å². The van der Waals surface area contributed by atoms with Crippen LogP contribution in [0.15, 0.2) is 57.3 Å². The molecule has 0 aliphatic heterocycles. The van der Waals surface area contributed by atoms with Gasteiger partial charge in [0.05, 0.1) is 4.90 Å². The van der Waals surface area contributed by atoms with Crippen LogP contribution in [0.3, 0.4) is 0 Å². The first-order valence-electron chi connectivity index (χ1n) is 9.03. The van der Waals surface area contributed by atoms with Gasteiger partial charge < -0.3 is 0 Å². The summed E-state index contributed by atoms with van der Waals surface area (Å²) in [7, 11) is 0. The van der Waals surface area contributed by atoms with Gasteiger partial charge in [-0.3, -0.25) is 0 Å². The van der Waals surface area contributed by atoms with Crippen LogP contribution in [-0.2, 0) is 6.42 Å². The molecule has 0 aliphatic rings. The number of aromatic nitrogens is 3. The highest BCUT2D eigenvalue weighted by Gasteiger charge is 2.18. The zero-order valence-corrected chi connectivity index (χ0v) is 17.9. The van der Waals surface area contributed by atoms with Crippen molar-refractivity contribution < 1.29 is 0 Å². The number of rotatable bonds is 6. The van der Waals surface area contributed by atoms with Gasteiger partial charge in [0.25, 0.3) is 0 Å². The van der Waals surface area contributed by atoms with E-state index >= 15 is 0 Å². The normalized spacial score (nSPS) is 10.5.